The molecule has 2 spiro atoms. The fraction of sp³-hybridized carbons (Fsp3) is 0.655. The van der Waals surface area contributed by atoms with E-state index in [0.717, 1.165) is 131 Å². The molecule has 1 N–H and O–H groups in total. The first-order chi connectivity index (χ1) is 32.9. The highest BCUT2D eigenvalue weighted by molar-refractivity contribution is 15.0. The average Bonchev–Trinajstić information content (AvgIpc) is 4.02. The van der Waals surface area contributed by atoms with Gasteiger partial charge in [0.05, 0.1) is 6.42 Å². The molecule has 8 nitrogen and oxygen atoms in total. The van der Waals surface area contributed by atoms with E-state index in [4.69, 9.17) is 25.8 Å². The fourth-order valence-electron chi connectivity index (χ4n) is 17.2. The van der Waals surface area contributed by atoms with Crippen molar-refractivity contribution >= 4 is 83.1 Å². The van der Waals surface area contributed by atoms with Gasteiger partial charge in [0.1, 0.15) is 11.1 Å². The highest BCUT2D eigenvalue weighted by atomic mass is 128. The van der Waals surface area contributed by atoms with Crippen LogP contribution in [0.4, 0.5) is 0 Å². The summed E-state index contributed by atoms with van der Waals surface area (Å²) >= 11 is 9.81. The molecule has 2 aliphatic heterocycles. The summed E-state index contributed by atoms with van der Waals surface area (Å²) < 4.78 is 17.9. The van der Waals surface area contributed by atoms with Gasteiger partial charge in [-0.3, -0.25) is 9.59 Å². The number of esters is 3. The summed E-state index contributed by atoms with van der Waals surface area (Å²) in [5.41, 5.74) is 7.95. The number of hydrogen-bond acceptors (Lipinski definition) is 8. The lowest BCUT2D eigenvalue weighted by atomic mass is 9.49. The molecular formula is C58H73ClI2O8. The van der Waals surface area contributed by atoms with E-state index in [9.17, 15) is 24.3 Å². The predicted octanol–water partition coefficient (Wildman–Crippen LogP) is 15.2. The van der Waals surface area contributed by atoms with Crippen LogP contribution < -0.4 is 0 Å². The number of hydrogen-bond donors (Lipinski definition) is 1. The minimum atomic E-state index is -0.757. The van der Waals surface area contributed by atoms with Crippen molar-refractivity contribution in [1.82, 2.24) is 0 Å². The molecule has 10 saturated carbocycles. The van der Waals surface area contributed by atoms with Crippen molar-refractivity contribution in [2.24, 2.45) is 46.3 Å². The summed E-state index contributed by atoms with van der Waals surface area (Å²) in [5, 5.41) is 10.5. The second kappa shape index (κ2) is 20.1. The number of carbonyl (C=O) groups excluding carboxylic acids is 4. The first-order valence-corrected chi connectivity index (χ1v) is 32.9. The molecule has 2 heterocycles. The summed E-state index contributed by atoms with van der Waals surface area (Å²) in [6.45, 7) is 12.1. The fourth-order valence-corrected chi connectivity index (χ4v) is 17.5. The number of aliphatic hydroxyl groups is 1. The molecule has 2 aromatic carbocycles. The van der Waals surface area contributed by atoms with E-state index in [1.54, 1.807) is 0 Å². The summed E-state index contributed by atoms with van der Waals surface area (Å²) in [4.78, 5) is 50.2. The normalized spacial score (nSPS) is 32.4. The van der Waals surface area contributed by atoms with Gasteiger partial charge < -0.3 is 19.3 Å². The van der Waals surface area contributed by atoms with Crippen LogP contribution in [0.2, 0.25) is 0 Å². The number of carbonyl (C=O) groups is 4. The van der Waals surface area contributed by atoms with Crippen molar-refractivity contribution in [1.29, 1.82) is 0 Å². The monoisotopic (exact) mass is 1190 g/mol. The molecule has 0 aromatic heterocycles. The van der Waals surface area contributed by atoms with Crippen molar-refractivity contribution in [2.75, 3.05) is 0 Å². The third-order valence-corrected chi connectivity index (χ3v) is 18.7. The smallest absolute Gasteiger partial charge is 0.343 e. The lowest BCUT2D eigenvalue weighted by Gasteiger charge is -2.56. The van der Waals surface area contributed by atoms with E-state index >= 15 is 0 Å². The Labute approximate surface area is 439 Å². The van der Waals surface area contributed by atoms with Gasteiger partial charge in [-0.05, 0) is 261 Å². The van der Waals surface area contributed by atoms with E-state index in [1.165, 1.54) is 77.0 Å². The van der Waals surface area contributed by atoms with Crippen molar-refractivity contribution < 1.29 is 38.5 Å². The van der Waals surface area contributed by atoms with Crippen LogP contribution in [0.5, 0.6) is 0 Å². The van der Waals surface area contributed by atoms with Gasteiger partial charge in [0, 0.05) is 43.7 Å². The quantitative estimate of drug-likeness (QED) is 0.126. The van der Waals surface area contributed by atoms with Gasteiger partial charge in [0.25, 0.3) is 0 Å². The molecule has 10 fully saturated rings. The average molecular weight is 1190 g/mol. The van der Waals surface area contributed by atoms with Gasteiger partial charge in [-0.1, -0.05) is 35.4 Å². The Morgan fingerprint density at radius 3 is 1.30 bits per heavy atom. The molecule has 374 valence electrons. The molecular weight excluding hydrogens is 1110 g/mol. The number of aliphatic hydroxyl groups excluding tert-OH is 1. The van der Waals surface area contributed by atoms with Gasteiger partial charge in [0.2, 0.25) is 5.24 Å². The molecule has 0 amide bonds. The van der Waals surface area contributed by atoms with E-state index in [1.807, 2.05) is 46.8 Å². The third kappa shape index (κ3) is 10.1. The van der Waals surface area contributed by atoms with E-state index in [0.29, 0.717) is 35.2 Å². The first-order valence-electron chi connectivity index (χ1n) is 26.2. The van der Waals surface area contributed by atoms with Crippen LogP contribution in [-0.2, 0) is 33.4 Å². The van der Waals surface area contributed by atoms with Crippen LogP contribution in [0.25, 0.3) is 11.1 Å². The zero-order chi connectivity index (χ0) is 49.2. The maximum Gasteiger partial charge on any atom is 0.343 e. The lowest BCUT2D eigenvalue weighted by Crippen LogP contribution is -2.47. The minimum absolute atomic E-state index is 0.105. The Balaban J connectivity index is 0.000000139. The third-order valence-electron chi connectivity index (χ3n) is 18.5. The Kier molecular flexibility index (Phi) is 15.0. The molecule has 2 aromatic rings. The van der Waals surface area contributed by atoms with Crippen LogP contribution in [0.15, 0.2) is 35.8 Å². The van der Waals surface area contributed by atoms with E-state index in [2.05, 4.69) is 56.3 Å². The Morgan fingerprint density at radius 2 is 0.913 bits per heavy atom. The van der Waals surface area contributed by atoms with Crippen molar-refractivity contribution in [3.05, 3.63) is 80.3 Å². The van der Waals surface area contributed by atoms with E-state index < -0.39 is 11.2 Å². The zero-order valence-corrected chi connectivity index (χ0v) is 46.8. The number of ether oxygens (including phenoxy) is 3. The van der Waals surface area contributed by atoms with Crippen molar-refractivity contribution in [2.45, 2.75) is 194 Å². The molecule has 12 aliphatic rings. The summed E-state index contributed by atoms with van der Waals surface area (Å²) in [7, 11) is 0. The molecule has 0 atom stereocenters. The van der Waals surface area contributed by atoms with Gasteiger partial charge in [0.15, 0.2) is 22.7 Å². The number of rotatable bonds is 7. The topological polar surface area (TPSA) is 116 Å². The van der Waals surface area contributed by atoms with Gasteiger partial charge in [-0.15, -0.1) is 0 Å². The van der Waals surface area contributed by atoms with Crippen LogP contribution in [0, 0.1) is 87.9 Å². The van der Waals surface area contributed by atoms with Crippen molar-refractivity contribution in [3.8, 4) is 0 Å². The van der Waals surface area contributed by atoms with Crippen LogP contribution in [0.3, 0.4) is 0 Å². The Morgan fingerprint density at radius 1 is 0.580 bits per heavy atom. The SMILES string of the molecule is Cc1cc(C)c(C2=C(O)C3(CCCC3)OC2=O)c(C)c1.Cc1cc(C)c(C2=C(OC(=O)CC34CC5CC(CC(C5)C3)C4)C3(CCCC3)OC2=O)c(C)c1.II.O=C(Cl)CC12CC3CC(CC(C3)C1)C2. The second-order valence-corrected chi connectivity index (χ2v) is 24.6. The van der Waals surface area contributed by atoms with Crippen LogP contribution in [-0.4, -0.2) is 39.5 Å². The summed E-state index contributed by atoms with van der Waals surface area (Å²) in [6, 6.07) is 8.26. The highest BCUT2D eigenvalue weighted by Gasteiger charge is 2.56. The predicted molar refractivity (Wildman–Crippen MR) is 288 cm³/mol. The Bertz CT molecular complexity index is 2340. The molecule has 0 unspecified atom stereocenters. The standard InChI is InChI=1S/C29H36O4.C17H20O3.C12H17ClO.I2/c1-17-8-18(2)24(19(3)9-17)25-26(29(33-27(25)31)6-4-5-7-29)32-23(30)16-28-13-20-10-21(14-28)12-22(11-20)15-28;1-10-8-11(2)13(12(3)9-10)14-15(18)17(20-16(14)19)6-4-5-7-17;13-11(14)7-12-4-8-1-9(5-12)3-10(2-8)6-12;1-2/h8-9,20-22H,4-7,10-16H2,1-3H3;8-9,18H,4-7H2,1-3H3;8-10H,1-7H2;. The van der Waals surface area contributed by atoms with Crippen LogP contribution in [0.1, 0.15) is 186 Å². The van der Waals surface area contributed by atoms with E-state index in [-0.39, 0.29) is 34.3 Å². The minimum Gasteiger partial charge on any atom is -0.507 e. The number of aryl methyl sites for hydroxylation is 6. The lowest BCUT2D eigenvalue weighted by molar-refractivity contribution is -0.156. The number of benzene rings is 2. The van der Waals surface area contributed by atoms with Gasteiger partial charge >= 0.3 is 17.9 Å². The number of halogens is 3. The largest absolute Gasteiger partial charge is 0.507 e. The maximum atomic E-state index is 13.5. The second-order valence-electron chi connectivity index (χ2n) is 24.2. The zero-order valence-electron chi connectivity index (χ0n) is 41.8. The van der Waals surface area contributed by atoms with Crippen LogP contribution >= 0.6 is 48.8 Å². The Hall–Kier alpha value is -2.45. The maximum absolute atomic E-state index is 13.5. The molecule has 69 heavy (non-hydrogen) atoms. The molecule has 8 bridgehead atoms. The molecule has 10 aliphatic carbocycles. The van der Waals surface area contributed by atoms with Gasteiger partial charge in [-0.2, -0.15) is 0 Å². The van der Waals surface area contributed by atoms with Gasteiger partial charge in [-0.25, -0.2) is 9.59 Å². The van der Waals surface area contributed by atoms with Crippen molar-refractivity contribution in [3.63, 3.8) is 0 Å². The molecule has 14 rings (SSSR count). The highest BCUT2D eigenvalue weighted by Crippen LogP contribution is 2.63. The summed E-state index contributed by atoms with van der Waals surface area (Å²) in [6.07, 6.45) is 23.9. The molecule has 0 radical (unpaired) electrons. The first kappa shape index (κ1) is 51.5. The summed E-state index contributed by atoms with van der Waals surface area (Å²) in [5.74, 6) is 4.98. The molecule has 0 saturated heterocycles. The molecule has 11 heteroatoms.